The van der Waals surface area contributed by atoms with E-state index in [1.807, 2.05) is 6.07 Å². The summed E-state index contributed by atoms with van der Waals surface area (Å²) in [5.74, 6) is 1.61. The van der Waals surface area contributed by atoms with Gasteiger partial charge in [0.1, 0.15) is 0 Å². The van der Waals surface area contributed by atoms with Crippen molar-refractivity contribution in [2.24, 2.45) is 10.9 Å². The summed E-state index contributed by atoms with van der Waals surface area (Å²) in [4.78, 5) is 9.23. The largest absolute Gasteiger partial charge is 0.381 e. The molecule has 1 N–H and O–H groups in total. The van der Waals surface area contributed by atoms with Gasteiger partial charge in [-0.05, 0) is 25.5 Å². The molecule has 0 amide bonds. The summed E-state index contributed by atoms with van der Waals surface area (Å²) in [6, 6.07) is 10.4. The van der Waals surface area contributed by atoms with Crippen LogP contribution < -0.4 is 10.2 Å². The lowest BCUT2D eigenvalue weighted by Crippen LogP contribution is -2.42. The van der Waals surface area contributed by atoms with E-state index in [1.165, 1.54) is 5.69 Å². The third-order valence-electron chi connectivity index (χ3n) is 4.15. The van der Waals surface area contributed by atoms with Crippen LogP contribution in [0.3, 0.4) is 0 Å². The standard InChI is InChI=1S/C18H30N4O/c1-4-19-18(22(3)14-16-10-13-23-15-16)20-11-12-21(2)17-8-6-5-7-9-17/h5-9,16H,4,10-15H2,1-3H3,(H,19,20). The fourth-order valence-corrected chi connectivity index (χ4v) is 2.79. The van der Waals surface area contributed by atoms with E-state index < -0.39 is 0 Å². The highest BCUT2D eigenvalue weighted by Gasteiger charge is 2.18. The molecule has 1 aromatic rings. The van der Waals surface area contributed by atoms with Gasteiger partial charge in [-0.25, -0.2) is 0 Å². The van der Waals surface area contributed by atoms with Gasteiger partial charge in [0, 0.05) is 51.9 Å². The van der Waals surface area contributed by atoms with E-state index in [0.29, 0.717) is 5.92 Å². The van der Waals surface area contributed by atoms with E-state index in [9.17, 15) is 0 Å². The van der Waals surface area contributed by atoms with Crippen LogP contribution in [0.25, 0.3) is 0 Å². The molecule has 1 saturated heterocycles. The van der Waals surface area contributed by atoms with Gasteiger partial charge >= 0.3 is 0 Å². The summed E-state index contributed by atoms with van der Waals surface area (Å²) in [5, 5.41) is 3.39. The van der Waals surface area contributed by atoms with E-state index in [1.54, 1.807) is 0 Å². The first-order chi connectivity index (χ1) is 11.2. The zero-order valence-electron chi connectivity index (χ0n) is 14.7. The number of benzene rings is 1. The predicted molar refractivity (Wildman–Crippen MR) is 97.2 cm³/mol. The summed E-state index contributed by atoms with van der Waals surface area (Å²) in [7, 11) is 4.22. The number of para-hydroxylation sites is 1. The number of aliphatic imine (C=N–C) groups is 1. The van der Waals surface area contributed by atoms with Crippen LogP contribution in [0.5, 0.6) is 0 Å². The molecule has 1 atom stereocenters. The van der Waals surface area contributed by atoms with Gasteiger partial charge in [0.15, 0.2) is 5.96 Å². The van der Waals surface area contributed by atoms with Crippen molar-refractivity contribution < 1.29 is 4.74 Å². The number of guanidine groups is 1. The first-order valence-electron chi connectivity index (χ1n) is 8.54. The first kappa shape index (κ1) is 17.6. The number of ether oxygens (including phenoxy) is 1. The Labute approximate surface area is 140 Å². The Bertz CT molecular complexity index is 471. The Hall–Kier alpha value is -1.75. The highest BCUT2D eigenvalue weighted by molar-refractivity contribution is 5.79. The van der Waals surface area contributed by atoms with Gasteiger partial charge in [0.25, 0.3) is 0 Å². The maximum absolute atomic E-state index is 5.47. The number of nitrogens with one attached hydrogen (secondary N) is 1. The lowest BCUT2D eigenvalue weighted by molar-refractivity contribution is 0.181. The van der Waals surface area contributed by atoms with E-state index in [4.69, 9.17) is 9.73 Å². The molecule has 0 bridgehead atoms. The molecular formula is C18H30N4O. The Morgan fingerprint density at radius 1 is 1.30 bits per heavy atom. The number of likely N-dealkylation sites (N-methyl/N-ethyl adjacent to an activating group) is 1. The van der Waals surface area contributed by atoms with Crippen molar-refractivity contribution in [2.75, 3.05) is 58.4 Å². The number of nitrogens with zero attached hydrogens (tertiary/aromatic N) is 3. The molecule has 5 heteroatoms. The van der Waals surface area contributed by atoms with Crippen molar-refractivity contribution in [3.63, 3.8) is 0 Å². The summed E-state index contributed by atoms with van der Waals surface area (Å²) in [6.07, 6.45) is 1.15. The normalized spacial score (nSPS) is 18.0. The Balaban J connectivity index is 1.84. The number of anilines is 1. The number of hydrogen-bond donors (Lipinski definition) is 1. The van der Waals surface area contributed by atoms with Crippen LogP contribution in [0.2, 0.25) is 0 Å². The molecular weight excluding hydrogens is 288 g/mol. The topological polar surface area (TPSA) is 40.1 Å². The number of hydrogen-bond acceptors (Lipinski definition) is 3. The van der Waals surface area contributed by atoms with Crippen molar-refractivity contribution in [3.05, 3.63) is 30.3 Å². The minimum Gasteiger partial charge on any atom is -0.381 e. The second-order valence-electron chi connectivity index (χ2n) is 6.10. The first-order valence-corrected chi connectivity index (χ1v) is 8.54. The average Bonchev–Trinajstić information content (AvgIpc) is 3.07. The lowest BCUT2D eigenvalue weighted by atomic mass is 10.1. The third kappa shape index (κ3) is 5.75. The Morgan fingerprint density at radius 3 is 2.74 bits per heavy atom. The van der Waals surface area contributed by atoms with Crippen molar-refractivity contribution >= 4 is 11.6 Å². The van der Waals surface area contributed by atoms with Gasteiger partial charge in [-0.1, -0.05) is 18.2 Å². The molecule has 0 saturated carbocycles. The Morgan fingerprint density at radius 2 is 2.09 bits per heavy atom. The Kier molecular flexibility index (Phi) is 7.20. The van der Waals surface area contributed by atoms with Crippen LogP contribution in [0, 0.1) is 5.92 Å². The van der Waals surface area contributed by atoms with E-state index in [2.05, 4.69) is 60.4 Å². The van der Waals surface area contributed by atoms with Crippen LogP contribution in [0.4, 0.5) is 5.69 Å². The molecule has 0 radical (unpaired) electrons. The smallest absolute Gasteiger partial charge is 0.193 e. The fraction of sp³-hybridized carbons (Fsp3) is 0.611. The van der Waals surface area contributed by atoms with Gasteiger partial charge in [0.2, 0.25) is 0 Å². The van der Waals surface area contributed by atoms with Gasteiger partial charge in [-0.2, -0.15) is 0 Å². The van der Waals surface area contributed by atoms with Crippen LogP contribution in [0.1, 0.15) is 13.3 Å². The number of rotatable bonds is 7. The monoisotopic (exact) mass is 318 g/mol. The molecule has 128 valence electrons. The molecule has 5 nitrogen and oxygen atoms in total. The van der Waals surface area contributed by atoms with Gasteiger partial charge in [0.05, 0.1) is 13.2 Å². The third-order valence-corrected chi connectivity index (χ3v) is 4.15. The molecule has 23 heavy (non-hydrogen) atoms. The molecule has 1 unspecified atom stereocenters. The molecule has 1 aliphatic rings. The van der Waals surface area contributed by atoms with Gasteiger partial charge < -0.3 is 19.9 Å². The molecule has 1 aromatic carbocycles. The van der Waals surface area contributed by atoms with Crippen LogP contribution in [-0.2, 0) is 4.74 Å². The summed E-state index contributed by atoms with van der Waals surface area (Å²) < 4.78 is 5.47. The van der Waals surface area contributed by atoms with Crippen molar-refractivity contribution in [3.8, 4) is 0 Å². The predicted octanol–water partition coefficient (Wildman–Crippen LogP) is 2.06. The second kappa shape index (κ2) is 9.40. The molecule has 1 aliphatic heterocycles. The quantitative estimate of drug-likeness (QED) is 0.617. The molecule has 0 aromatic heterocycles. The second-order valence-corrected chi connectivity index (χ2v) is 6.10. The van der Waals surface area contributed by atoms with Crippen LogP contribution in [-0.4, -0.2) is 64.3 Å². The van der Waals surface area contributed by atoms with Crippen LogP contribution in [0.15, 0.2) is 35.3 Å². The maximum Gasteiger partial charge on any atom is 0.193 e. The highest BCUT2D eigenvalue weighted by atomic mass is 16.5. The molecule has 0 aliphatic carbocycles. The van der Waals surface area contributed by atoms with E-state index in [0.717, 1.165) is 51.8 Å². The summed E-state index contributed by atoms with van der Waals surface area (Å²) in [6.45, 7) is 7.45. The molecule has 2 rings (SSSR count). The molecule has 1 fully saturated rings. The van der Waals surface area contributed by atoms with Crippen LogP contribution >= 0.6 is 0 Å². The fourth-order valence-electron chi connectivity index (χ4n) is 2.79. The summed E-state index contributed by atoms with van der Waals surface area (Å²) in [5.41, 5.74) is 1.23. The maximum atomic E-state index is 5.47. The lowest BCUT2D eigenvalue weighted by Gasteiger charge is -2.25. The van der Waals surface area contributed by atoms with Crippen molar-refractivity contribution in [1.82, 2.24) is 10.2 Å². The zero-order chi connectivity index (χ0) is 16.5. The zero-order valence-corrected chi connectivity index (χ0v) is 14.7. The van der Waals surface area contributed by atoms with Crippen molar-refractivity contribution in [1.29, 1.82) is 0 Å². The van der Waals surface area contributed by atoms with E-state index in [-0.39, 0.29) is 0 Å². The van der Waals surface area contributed by atoms with Gasteiger partial charge in [-0.3, -0.25) is 4.99 Å². The van der Waals surface area contributed by atoms with Crippen molar-refractivity contribution in [2.45, 2.75) is 13.3 Å². The minimum atomic E-state index is 0.621. The molecule has 1 heterocycles. The summed E-state index contributed by atoms with van der Waals surface area (Å²) >= 11 is 0. The minimum absolute atomic E-state index is 0.621. The SMILES string of the molecule is CCNC(=NCCN(C)c1ccccc1)N(C)CC1CCOC1. The average molecular weight is 318 g/mol. The van der Waals surface area contributed by atoms with Gasteiger partial charge in [-0.15, -0.1) is 0 Å². The van der Waals surface area contributed by atoms with E-state index >= 15 is 0 Å². The highest BCUT2D eigenvalue weighted by Crippen LogP contribution is 2.13. The molecule has 0 spiro atoms.